The van der Waals surface area contributed by atoms with E-state index in [0.717, 1.165) is 135 Å². The van der Waals surface area contributed by atoms with E-state index in [2.05, 4.69) is 118 Å². The summed E-state index contributed by atoms with van der Waals surface area (Å²) in [4.78, 5) is 38.4. The smallest absolute Gasteiger partial charge is 0.306 e. The van der Waals surface area contributed by atoms with Crippen LogP contribution in [0.2, 0.25) is 0 Å². The molecule has 1 unspecified atom stereocenters. The first kappa shape index (κ1) is 77.3. The van der Waals surface area contributed by atoms with Crippen LogP contribution in [0.4, 0.5) is 0 Å². The molecule has 0 saturated carbocycles. The predicted octanol–water partition coefficient (Wildman–Crippen LogP) is 24.0. The number of allylic oxidation sites excluding steroid dienone is 16. The molecule has 0 rings (SSSR count). The van der Waals surface area contributed by atoms with Crippen molar-refractivity contribution in [2.24, 2.45) is 0 Å². The van der Waals surface area contributed by atoms with Gasteiger partial charge in [0.2, 0.25) is 0 Å². The maximum atomic E-state index is 12.9. The monoisotopic (exact) mass is 1130 g/mol. The van der Waals surface area contributed by atoms with Crippen molar-refractivity contribution in [3.05, 3.63) is 97.2 Å². The first-order valence-corrected chi connectivity index (χ1v) is 34.7. The van der Waals surface area contributed by atoms with E-state index in [1.807, 2.05) is 0 Å². The molecule has 0 amide bonds. The van der Waals surface area contributed by atoms with Gasteiger partial charge < -0.3 is 14.2 Å². The van der Waals surface area contributed by atoms with E-state index in [1.165, 1.54) is 167 Å². The Morgan fingerprint density at radius 3 is 0.765 bits per heavy atom. The number of esters is 3. The average molecular weight is 1130 g/mol. The average Bonchev–Trinajstić information content (AvgIpc) is 3.47. The predicted molar refractivity (Wildman–Crippen MR) is 353 cm³/mol. The zero-order valence-corrected chi connectivity index (χ0v) is 53.5. The van der Waals surface area contributed by atoms with Gasteiger partial charge in [0.15, 0.2) is 6.10 Å². The number of hydrogen-bond donors (Lipinski definition) is 0. The fourth-order valence-corrected chi connectivity index (χ4v) is 9.92. The van der Waals surface area contributed by atoms with Crippen molar-refractivity contribution >= 4 is 17.9 Å². The molecule has 0 bridgehead atoms. The lowest BCUT2D eigenvalue weighted by molar-refractivity contribution is -0.167. The Hall–Kier alpha value is -3.67. The number of rotatable bonds is 63. The van der Waals surface area contributed by atoms with Gasteiger partial charge in [-0.3, -0.25) is 14.4 Å². The van der Waals surface area contributed by atoms with Crippen LogP contribution in [0, 0.1) is 0 Å². The maximum absolute atomic E-state index is 12.9. The van der Waals surface area contributed by atoms with E-state index >= 15 is 0 Å². The Labute approximate surface area is 502 Å². The Morgan fingerprint density at radius 1 is 0.259 bits per heavy atom. The number of carbonyl (C=O) groups excluding carboxylic acids is 3. The summed E-state index contributed by atoms with van der Waals surface area (Å²) in [6.45, 7) is 6.43. The van der Waals surface area contributed by atoms with E-state index in [-0.39, 0.29) is 31.1 Å². The molecular weight excluding hydrogens is 997 g/mol. The van der Waals surface area contributed by atoms with E-state index in [0.29, 0.717) is 19.3 Å². The van der Waals surface area contributed by atoms with Crippen molar-refractivity contribution in [1.29, 1.82) is 0 Å². The van der Waals surface area contributed by atoms with Crippen molar-refractivity contribution < 1.29 is 28.6 Å². The van der Waals surface area contributed by atoms with Gasteiger partial charge in [-0.25, -0.2) is 0 Å². The molecule has 0 aromatic heterocycles. The number of unbranched alkanes of at least 4 members (excludes halogenated alkanes) is 36. The van der Waals surface area contributed by atoms with Crippen LogP contribution in [-0.2, 0) is 28.6 Å². The zero-order valence-electron chi connectivity index (χ0n) is 53.5. The van der Waals surface area contributed by atoms with Gasteiger partial charge in [-0.15, -0.1) is 0 Å². The van der Waals surface area contributed by atoms with Crippen molar-refractivity contribution in [1.82, 2.24) is 0 Å². The number of ether oxygens (including phenoxy) is 3. The molecule has 1 atom stereocenters. The molecule has 6 nitrogen and oxygen atoms in total. The molecule has 466 valence electrons. The number of hydrogen-bond acceptors (Lipinski definition) is 6. The van der Waals surface area contributed by atoms with Crippen molar-refractivity contribution in [3.8, 4) is 0 Å². The molecule has 0 heterocycles. The van der Waals surface area contributed by atoms with E-state index < -0.39 is 6.10 Å². The summed E-state index contributed by atoms with van der Waals surface area (Å²) >= 11 is 0. The van der Waals surface area contributed by atoms with Crippen LogP contribution in [0.15, 0.2) is 97.2 Å². The van der Waals surface area contributed by atoms with Crippen LogP contribution in [-0.4, -0.2) is 37.2 Å². The van der Waals surface area contributed by atoms with Gasteiger partial charge in [0, 0.05) is 19.3 Å². The fraction of sp³-hybridized carbons (Fsp3) is 0.747. The van der Waals surface area contributed by atoms with Gasteiger partial charge >= 0.3 is 17.9 Å². The third-order valence-corrected chi connectivity index (χ3v) is 15.1. The first-order chi connectivity index (χ1) is 40.0. The SMILES string of the molecule is CC/C=C\C/C=C\C/C=C\C/C=C\CCCCCCCCC(=O)OC(COC(=O)CCCCCCC/C=C\C/C=C\C/C=C\CC)COC(=O)CCCCCCCCCCCCCCCCCCC/C=C\CCCCCCCCCC. The van der Waals surface area contributed by atoms with Crippen LogP contribution in [0.1, 0.15) is 342 Å². The summed E-state index contributed by atoms with van der Waals surface area (Å²) in [5, 5.41) is 0. The van der Waals surface area contributed by atoms with Crippen LogP contribution in [0.5, 0.6) is 0 Å². The fourth-order valence-electron chi connectivity index (χ4n) is 9.92. The van der Waals surface area contributed by atoms with Gasteiger partial charge in [0.05, 0.1) is 0 Å². The molecule has 0 spiro atoms. The summed E-state index contributed by atoms with van der Waals surface area (Å²) in [5.74, 6) is -0.906. The molecule has 0 saturated heterocycles. The molecule has 81 heavy (non-hydrogen) atoms. The molecule has 6 heteroatoms. The Kier molecular flexibility index (Phi) is 65.7. The Balaban J connectivity index is 4.28. The quantitative estimate of drug-likeness (QED) is 0.0261. The molecule has 0 radical (unpaired) electrons. The molecule has 0 aliphatic carbocycles. The second-order valence-electron chi connectivity index (χ2n) is 23.0. The molecule has 0 aromatic rings. The minimum atomic E-state index is -0.794. The minimum Gasteiger partial charge on any atom is -0.462 e. The van der Waals surface area contributed by atoms with Crippen molar-refractivity contribution in [2.75, 3.05) is 13.2 Å². The lowest BCUT2D eigenvalue weighted by atomic mass is 10.0. The Morgan fingerprint density at radius 2 is 0.481 bits per heavy atom. The second-order valence-corrected chi connectivity index (χ2v) is 23.0. The molecule has 0 aliphatic rings. The Bertz CT molecular complexity index is 1580. The molecule has 0 aliphatic heterocycles. The van der Waals surface area contributed by atoms with Crippen LogP contribution >= 0.6 is 0 Å². The molecule has 0 fully saturated rings. The first-order valence-electron chi connectivity index (χ1n) is 34.7. The van der Waals surface area contributed by atoms with Gasteiger partial charge in [-0.1, -0.05) is 304 Å². The van der Waals surface area contributed by atoms with E-state index in [4.69, 9.17) is 14.2 Å². The molecular formula is C75H130O6. The molecule has 0 N–H and O–H groups in total. The highest BCUT2D eigenvalue weighted by molar-refractivity contribution is 5.71. The summed E-state index contributed by atoms with van der Waals surface area (Å²) in [5.41, 5.74) is 0. The van der Waals surface area contributed by atoms with Crippen molar-refractivity contribution in [3.63, 3.8) is 0 Å². The van der Waals surface area contributed by atoms with Crippen LogP contribution in [0.25, 0.3) is 0 Å². The third kappa shape index (κ3) is 67.0. The van der Waals surface area contributed by atoms with Crippen LogP contribution < -0.4 is 0 Å². The van der Waals surface area contributed by atoms with Crippen LogP contribution in [0.3, 0.4) is 0 Å². The van der Waals surface area contributed by atoms with Gasteiger partial charge in [-0.2, -0.15) is 0 Å². The lowest BCUT2D eigenvalue weighted by Gasteiger charge is -2.18. The van der Waals surface area contributed by atoms with E-state index in [9.17, 15) is 14.4 Å². The lowest BCUT2D eigenvalue weighted by Crippen LogP contribution is -2.30. The largest absolute Gasteiger partial charge is 0.462 e. The van der Waals surface area contributed by atoms with Gasteiger partial charge in [-0.05, 0) is 116 Å². The highest BCUT2D eigenvalue weighted by atomic mass is 16.6. The maximum Gasteiger partial charge on any atom is 0.306 e. The zero-order chi connectivity index (χ0) is 58.5. The summed E-state index contributed by atoms with van der Waals surface area (Å²) < 4.78 is 16.9. The molecule has 0 aromatic carbocycles. The third-order valence-electron chi connectivity index (χ3n) is 15.1. The standard InChI is InChI=1S/C75H130O6/c1-4-7-10-13-16-19-22-25-28-30-32-33-34-35-36-37-38-39-40-41-43-44-47-50-53-56-59-62-65-68-74(77)80-71-72(70-79-73(76)67-64-61-58-55-52-49-46-27-24-21-18-15-12-9-6-3)81-75(78)69-66-63-60-57-54-51-48-45-42-31-29-26-23-20-17-14-11-8-5-2/h8-9,11-12,17-18,20-21,26-27,29-30,32,42,45-46,72H,4-7,10,13-16,19,22-25,28,31,33-41,43-44,47-71H2,1-3H3/b11-8-,12-9-,20-17-,21-18-,29-26-,32-30-,45-42-,46-27-. The minimum absolute atomic E-state index is 0.0874. The number of carbonyl (C=O) groups is 3. The summed E-state index contributed by atoms with van der Waals surface area (Å²) in [6.07, 6.45) is 93.0. The van der Waals surface area contributed by atoms with Crippen molar-refractivity contribution in [2.45, 2.75) is 348 Å². The van der Waals surface area contributed by atoms with E-state index in [1.54, 1.807) is 0 Å². The topological polar surface area (TPSA) is 78.9 Å². The second kappa shape index (κ2) is 68.8. The normalized spacial score (nSPS) is 12.7. The highest BCUT2D eigenvalue weighted by Gasteiger charge is 2.19. The van der Waals surface area contributed by atoms with Gasteiger partial charge in [0.25, 0.3) is 0 Å². The van der Waals surface area contributed by atoms with Gasteiger partial charge in [0.1, 0.15) is 13.2 Å². The summed E-state index contributed by atoms with van der Waals surface area (Å²) in [6, 6.07) is 0. The highest BCUT2D eigenvalue weighted by Crippen LogP contribution is 2.17. The summed E-state index contributed by atoms with van der Waals surface area (Å²) in [7, 11) is 0.